The molecule has 1 aliphatic rings. The Bertz CT molecular complexity index is 1450. The van der Waals surface area contributed by atoms with Crippen molar-refractivity contribution in [2.24, 2.45) is 0 Å². The first-order valence-corrected chi connectivity index (χ1v) is 13.6. The number of hydrogen-bond acceptors (Lipinski definition) is 4. The number of benzene rings is 4. The Morgan fingerprint density at radius 3 is 2.08 bits per heavy atom. The fourth-order valence-corrected chi connectivity index (χ4v) is 6.25. The van der Waals surface area contributed by atoms with E-state index in [1.807, 2.05) is 42.5 Å². The fraction of sp³-hybridized carbons (Fsp3) is 0.207. The molecule has 0 saturated carbocycles. The number of carbonyl (C=O) groups is 1. The van der Waals surface area contributed by atoms with E-state index in [0.29, 0.717) is 22.0 Å². The van der Waals surface area contributed by atoms with Crippen LogP contribution in [0.25, 0.3) is 10.8 Å². The van der Waals surface area contributed by atoms with Crippen molar-refractivity contribution in [3.05, 3.63) is 108 Å². The molecule has 0 aromatic heterocycles. The van der Waals surface area contributed by atoms with Gasteiger partial charge in [-0.05, 0) is 42.7 Å². The van der Waals surface area contributed by atoms with E-state index < -0.39 is 10.0 Å². The number of carbonyl (C=O) groups excluding carboxylic acids is 1. The minimum absolute atomic E-state index is 0.113. The highest BCUT2D eigenvalue weighted by Gasteiger charge is 2.26. The van der Waals surface area contributed by atoms with Crippen molar-refractivity contribution in [2.45, 2.75) is 30.3 Å². The summed E-state index contributed by atoms with van der Waals surface area (Å²) < 4.78 is 29.8. The van der Waals surface area contributed by atoms with Gasteiger partial charge in [0.15, 0.2) is 0 Å². The summed E-state index contributed by atoms with van der Waals surface area (Å²) in [6, 6.07) is 29.7. The first kappa shape index (κ1) is 24.2. The van der Waals surface area contributed by atoms with Gasteiger partial charge in [0.1, 0.15) is 0 Å². The highest BCUT2D eigenvalue weighted by atomic mass is 32.2. The number of rotatable bonds is 7. The average molecular weight is 500 g/mol. The fourth-order valence-electron chi connectivity index (χ4n) is 4.73. The summed E-state index contributed by atoms with van der Waals surface area (Å²) in [6.45, 7) is 2.56. The summed E-state index contributed by atoms with van der Waals surface area (Å²) in [5, 5.41) is 4.19. The Balaban J connectivity index is 1.30. The van der Waals surface area contributed by atoms with Gasteiger partial charge in [0.2, 0.25) is 10.0 Å². The van der Waals surface area contributed by atoms with Gasteiger partial charge in [-0.3, -0.25) is 9.69 Å². The molecular weight excluding hydrogens is 470 g/mol. The molecule has 1 saturated heterocycles. The van der Waals surface area contributed by atoms with E-state index in [1.54, 1.807) is 42.5 Å². The van der Waals surface area contributed by atoms with Crippen LogP contribution in [0.3, 0.4) is 0 Å². The molecule has 0 spiro atoms. The van der Waals surface area contributed by atoms with E-state index in [9.17, 15) is 13.2 Å². The lowest BCUT2D eigenvalue weighted by molar-refractivity contribution is 0.102. The van der Waals surface area contributed by atoms with Crippen LogP contribution in [-0.4, -0.2) is 38.4 Å². The Labute approximate surface area is 212 Å². The third kappa shape index (κ3) is 5.49. The molecule has 0 unspecified atom stereocenters. The van der Waals surface area contributed by atoms with Gasteiger partial charge >= 0.3 is 0 Å². The Morgan fingerprint density at radius 1 is 0.778 bits per heavy atom. The SMILES string of the molecule is O=C(Nc1ccc(S(=O)(=O)NC2CCN(Cc3ccccc3)CC2)c2ccccc12)c1ccccc1. The number of nitrogens with zero attached hydrogens (tertiary/aromatic N) is 1. The molecule has 1 amide bonds. The molecule has 0 aliphatic carbocycles. The van der Waals surface area contributed by atoms with E-state index in [4.69, 9.17) is 0 Å². The predicted octanol–water partition coefficient (Wildman–Crippen LogP) is 5.04. The van der Waals surface area contributed by atoms with E-state index in [-0.39, 0.29) is 16.8 Å². The normalized spacial score (nSPS) is 15.1. The maximum absolute atomic E-state index is 13.4. The zero-order chi connectivity index (χ0) is 25.0. The van der Waals surface area contributed by atoms with E-state index in [0.717, 1.165) is 32.5 Å². The van der Waals surface area contributed by atoms with Gasteiger partial charge in [0, 0.05) is 47.7 Å². The van der Waals surface area contributed by atoms with Crippen molar-refractivity contribution >= 4 is 32.4 Å². The highest BCUT2D eigenvalue weighted by Crippen LogP contribution is 2.30. The molecule has 4 aromatic rings. The third-order valence-electron chi connectivity index (χ3n) is 6.62. The lowest BCUT2D eigenvalue weighted by Gasteiger charge is -2.32. The van der Waals surface area contributed by atoms with Gasteiger partial charge in [0.05, 0.1) is 4.90 Å². The molecule has 1 heterocycles. The molecule has 0 bridgehead atoms. The molecule has 6 nitrogen and oxygen atoms in total. The maximum atomic E-state index is 13.4. The Morgan fingerprint density at radius 2 is 1.39 bits per heavy atom. The van der Waals surface area contributed by atoms with Gasteiger partial charge in [-0.25, -0.2) is 13.1 Å². The minimum atomic E-state index is -3.74. The summed E-state index contributed by atoms with van der Waals surface area (Å²) in [5.74, 6) is -0.239. The number of amides is 1. The van der Waals surface area contributed by atoms with Crippen LogP contribution in [0.4, 0.5) is 5.69 Å². The van der Waals surface area contributed by atoms with Gasteiger partial charge in [-0.15, -0.1) is 0 Å². The zero-order valence-electron chi connectivity index (χ0n) is 19.9. The minimum Gasteiger partial charge on any atom is -0.321 e. The summed E-state index contributed by atoms with van der Waals surface area (Å²) in [7, 11) is -3.74. The summed E-state index contributed by atoms with van der Waals surface area (Å²) in [5.41, 5.74) is 2.38. The molecule has 7 heteroatoms. The number of fused-ring (bicyclic) bond motifs is 1. The monoisotopic (exact) mass is 499 g/mol. The van der Waals surface area contributed by atoms with Crippen LogP contribution in [0.15, 0.2) is 102 Å². The van der Waals surface area contributed by atoms with E-state index >= 15 is 0 Å². The zero-order valence-corrected chi connectivity index (χ0v) is 20.7. The number of piperidine rings is 1. The van der Waals surface area contributed by atoms with Crippen molar-refractivity contribution in [1.29, 1.82) is 0 Å². The van der Waals surface area contributed by atoms with Crippen LogP contribution < -0.4 is 10.0 Å². The van der Waals surface area contributed by atoms with Crippen LogP contribution in [0.1, 0.15) is 28.8 Å². The Hall–Kier alpha value is -3.52. The van der Waals surface area contributed by atoms with Crippen molar-refractivity contribution in [1.82, 2.24) is 9.62 Å². The van der Waals surface area contributed by atoms with E-state index in [1.165, 1.54) is 5.56 Å². The van der Waals surface area contributed by atoms with Gasteiger partial charge in [0.25, 0.3) is 5.91 Å². The number of hydrogen-bond donors (Lipinski definition) is 2. The van der Waals surface area contributed by atoms with Crippen LogP contribution >= 0.6 is 0 Å². The summed E-state index contributed by atoms with van der Waals surface area (Å²) >= 11 is 0. The largest absolute Gasteiger partial charge is 0.321 e. The first-order valence-electron chi connectivity index (χ1n) is 12.2. The number of likely N-dealkylation sites (tertiary alicyclic amines) is 1. The van der Waals surface area contributed by atoms with Gasteiger partial charge in [-0.2, -0.15) is 0 Å². The molecular formula is C29H29N3O3S. The first-order chi connectivity index (χ1) is 17.5. The molecule has 2 N–H and O–H groups in total. The molecule has 36 heavy (non-hydrogen) atoms. The van der Waals surface area contributed by atoms with Gasteiger partial charge in [-0.1, -0.05) is 72.8 Å². The van der Waals surface area contributed by atoms with Crippen molar-refractivity contribution in [2.75, 3.05) is 18.4 Å². The molecule has 0 atom stereocenters. The number of sulfonamides is 1. The third-order valence-corrected chi connectivity index (χ3v) is 8.19. The molecule has 4 aromatic carbocycles. The maximum Gasteiger partial charge on any atom is 0.255 e. The topological polar surface area (TPSA) is 78.5 Å². The van der Waals surface area contributed by atoms with E-state index in [2.05, 4.69) is 27.1 Å². The van der Waals surface area contributed by atoms with Gasteiger partial charge < -0.3 is 5.32 Å². The number of anilines is 1. The molecule has 5 rings (SSSR count). The quantitative estimate of drug-likeness (QED) is 0.374. The lowest BCUT2D eigenvalue weighted by atomic mass is 10.1. The highest BCUT2D eigenvalue weighted by molar-refractivity contribution is 7.89. The molecule has 1 aliphatic heterocycles. The van der Waals surface area contributed by atoms with Crippen LogP contribution in [0.5, 0.6) is 0 Å². The molecule has 0 radical (unpaired) electrons. The van der Waals surface area contributed by atoms with Crippen molar-refractivity contribution < 1.29 is 13.2 Å². The van der Waals surface area contributed by atoms with Crippen LogP contribution in [0.2, 0.25) is 0 Å². The number of nitrogens with one attached hydrogen (secondary N) is 2. The second-order valence-electron chi connectivity index (χ2n) is 9.13. The Kier molecular flexibility index (Phi) is 7.13. The lowest BCUT2D eigenvalue weighted by Crippen LogP contribution is -2.44. The second-order valence-corrected chi connectivity index (χ2v) is 10.8. The van der Waals surface area contributed by atoms with Crippen LogP contribution in [-0.2, 0) is 16.6 Å². The average Bonchev–Trinajstić information content (AvgIpc) is 2.91. The standard InChI is InChI=1S/C29H29N3O3S/c33-29(23-11-5-2-6-12-23)30-27-15-16-28(26-14-8-7-13-25(26)27)36(34,35)31-24-17-19-32(20-18-24)21-22-9-3-1-4-10-22/h1-16,24,31H,17-21H2,(H,30,33). The predicted molar refractivity (Wildman–Crippen MR) is 143 cm³/mol. The van der Waals surface area contributed by atoms with Crippen LogP contribution in [0, 0.1) is 0 Å². The van der Waals surface area contributed by atoms with Crippen molar-refractivity contribution in [3.8, 4) is 0 Å². The summed E-state index contributed by atoms with van der Waals surface area (Å²) in [4.78, 5) is 15.3. The molecule has 1 fully saturated rings. The molecule has 184 valence electrons. The van der Waals surface area contributed by atoms with Crippen molar-refractivity contribution in [3.63, 3.8) is 0 Å². The second kappa shape index (κ2) is 10.6. The smallest absolute Gasteiger partial charge is 0.255 e. The summed E-state index contributed by atoms with van der Waals surface area (Å²) in [6.07, 6.45) is 1.52.